The maximum absolute atomic E-state index is 13.4. The molecule has 0 radical (unpaired) electrons. The molecule has 2 aliphatic heterocycles. The number of carboxylic acid groups (broad SMARTS) is 1. The minimum Gasteiger partial charge on any atom is -0.475 e. The molecule has 4 aromatic rings. The molecule has 18 nitrogen and oxygen atoms in total. The number of nitrogens with zero attached hydrogens (tertiary/aromatic N) is 4. The van der Waals surface area contributed by atoms with Crippen molar-refractivity contribution in [3.05, 3.63) is 120 Å². The number of sulfonamides is 2. The predicted octanol–water partition coefficient (Wildman–Crippen LogP) is 7.54. The summed E-state index contributed by atoms with van der Waals surface area (Å²) in [4.78, 5) is 44.2. The van der Waals surface area contributed by atoms with Crippen LogP contribution in [0.3, 0.4) is 0 Å². The number of alkyl halides is 9. The number of carboxylic acids is 1. The zero-order valence-corrected chi connectivity index (χ0v) is 41.1. The number of quaternary nitrogens is 1. The lowest BCUT2D eigenvalue weighted by Crippen LogP contribution is -2.66. The highest BCUT2D eigenvalue weighted by atomic mass is 32.2. The van der Waals surface area contributed by atoms with Gasteiger partial charge in [0.1, 0.15) is 23.1 Å². The summed E-state index contributed by atoms with van der Waals surface area (Å²) >= 11 is 0. The van der Waals surface area contributed by atoms with Crippen molar-refractivity contribution in [1.29, 1.82) is 0 Å². The molecule has 29 heteroatoms. The molecule has 0 spiro atoms. The molecule has 0 saturated carbocycles. The molecular weight excluding hydrogens is 1060 g/mol. The fraction of sp³-hybridized carbons (Fsp3) is 0.348. The number of anilines is 2. The molecule has 0 aliphatic carbocycles. The van der Waals surface area contributed by atoms with Crippen molar-refractivity contribution in [2.24, 2.45) is 10.2 Å². The van der Waals surface area contributed by atoms with Gasteiger partial charge in [0.05, 0.1) is 33.2 Å². The van der Waals surface area contributed by atoms with Crippen LogP contribution in [0.4, 0.5) is 55.7 Å². The lowest BCUT2D eigenvalue weighted by molar-refractivity contribution is -0.397. The number of alkyl carbamates (subject to hydrolysis) is 1. The fourth-order valence-electron chi connectivity index (χ4n) is 6.39. The van der Waals surface area contributed by atoms with Crippen LogP contribution in [-0.2, 0) is 39.2 Å². The highest BCUT2D eigenvalue weighted by Gasteiger charge is 2.45. The van der Waals surface area contributed by atoms with Crippen molar-refractivity contribution in [3.8, 4) is 0 Å². The van der Waals surface area contributed by atoms with E-state index in [0.29, 0.717) is 16.8 Å². The molecule has 3 amide bonds. The number of hydrogen-bond donors (Lipinski definition) is 5. The third-order valence-corrected chi connectivity index (χ3v) is 12.7. The first kappa shape index (κ1) is 62.0. The summed E-state index contributed by atoms with van der Waals surface area (Å²) in [7, 11) is -8.46. The number of benzene rings is 4. The second-order valence-corrected chi connectivity index (χ2v) is 20.4. The second-order valence-electron chi connectivity index (χ2n) is 17.0. The van der Waals surface area contributed by atoms with Crippen LogP contribution in [0, 0.1) is 0 Å². The number of carbonyl (C=O) groups is 4. The van der Waals surface area contributed by atoms with Gasteiger partial charge < -0.3 is 20.9 Å². The molecule has 410 valence electrons. The van der Waals surface area contributed by atoms with Crippen LogP contribution in [0.25, 0.3) is 0 Å². The van der Waals surface area contributed by atoms with Gasteiger partial charge in [0, 0.05) is 12.8 Å². The average molecular weight is 1110 g/mol. The molecule has 2 heterocycles. The Hall–Kier alpha value is -7.27. The predicted molar refractivity (Wildman–Crippen MR) is 255 cm³/mol. The van der Waals surface area contributed by atoms with Crippen LogP contribution >= 0.6 is 0 Å². The highest BCUT2D eigenvalue weighted by molar-refractivity contribution is 7.90. The molecule has 0 bridgehead atoms. The van der Waals surface area contributed by atoms with Gasteiger partial charge >= 0.3 is 30.6 Å². The molecule has 4 unspecified atom stereocenters. The van der Waals surface area contributed by atoms with Crippen molar-refractivity contribution in [1.82, 2.24) is 14.8 Å². The van der Waals surface area contributed by atoms with Gasteiger partial charge in [-0.15, -0.1) is 0 Å². The first-order valence-electron chi connectivity index (χ1n) is 21.4. The largest absolute Gasteiger partial charge is 0.490 e. The zero-order chi connectivity index (χ0) is 55.8. The number of rotatable bonds is 11. The Bertz CT molecular complexity index is 2920. The fourth-order valence-corrected chi connectivity index (χ4v) is 8.52. The quantitative estimate of drug-likeness (QED) is 0.0913. The average Bonchev–Trinajstić information content (AvgIpc) is 3.96. The second kappa shape index (κ2) is 24.4. The lowest BCUT2D eigenvalue weighted by atomic mass is 10.0. The minimum absolute atomic E-state index is 0. The number of hydrazone groups is 2. The van der Waals surface area contributed by atoms with Crippen LogP contribution < -0.4 is 30.5 Å². The Labute approximate surface area is 424 Å². The molecule has 0 fully saturated rings. The van der Waals surface area contributed by atoms with Gasteiger partial charge in [0.15, 0.2) is 6.04 Å². The summed E-state index contributed by atoms with van der Waals surface area (Å²) in [5.74, 6) is -4.52. The van der Waals surface area contributed by atoms with Crippen molar-refractivity contribution in [2.75, 3.05) is 10.0 Å². The third kappa shape index (κ3) is 17.7. The van der Waals surface area contributed by atoms with Crippen molar-refractivity contribution in [3.63, 3.8) is 0 Å². The SMILES string of the molecule is C.CC(NC(=O)OC(C)(C)C)C(=O)NS(=O)(=O)c1ccc(N2N=C(C(F)(F)F)CC2c2ccccc2)cc1.CC([NH3+])C(=O)NS(=O)(=O)c1ccc(N2N=C(C(F)(F)F)CC2c2ccccc2)cc1.O=C(O)C(F)(F)F. The Morgan fingerprint density at radius 2 is 0.960 bits per heavy atom. The molecule has 0 saturated heterocycles. The normalized spacial score (nSPS) is 16.7. The molecular formula is C46H52F9N8O10S2+. The number of aliphatic carboxylic acids is 1. The third-order valence-electron chi connectivity index (χ3n) is 9.95. The number of ether oxygens (including phenoxy) is 1. The molecule has 75 heavy (non-hydrogen) atoms. The summed E-state index contributed by atoms with van der Waals surface area (Å²) < 4.78 is 171. The van der Waals surface area contributed by atoms with E-state index in [1.54, 1.807) is 81.4 Å². The van der Waals surface area contributed by atoms with Gasteiger partial charge in [-0.2, -0.15) is 49.7 Å². The smallest absolute Gasteiger partial charge is 0.475 e. The minimum atomic E-state index is -5.08. The monoisotopic (exact) mass is 1110 g/mol. The van der Waals surface area contributed by atoms with Crippen LogP contribution in [0.15, 0.2) is 129 Å². The summed E-state index contributed by atoms with van der Waals surface area (Å²) in [5.41, 5.74) is 2.57. The van der Waals surface area contributed by atoms with Crippen LogP contribution in [-0.4, -0.2) is 93.5 Å². The van der Waals surface area contributed by atoms with E-state index >= 15 is 0 Å². The van der Waals surface area contributed by atoms with E-state index in [4.69, 9.17) is 14.6 Å². The highest BCUT2D eigenvalue weighted by Crippen LogP contribution is 2.41. The maximum Gasteiger partial charge on any atom is 0.490 e. The van der Waals surface area contributed by atoms with E-state index in [-0.39, 0.29) is 35.7 Å². The van der Waals surface area contributed by atoms with Gasteiger partial charge in [-0.05, 0) is 94.3 Å². The Kier molecular flexibility index (Phi) is 20.2. The van der Waals surface area contributed by atoms with Crippen molar-refractivity contribution in [2.45, 2.75) is 113 Å². The van der Waals surface area contributed by atoms with E-state index in [0.717, 1.165) is 12.1 Å². The van der Waals surface area contributed by atoms with Gasteiger partial charge in [-0.25, -0.2) is 35.9 Å². The zero-order valence-electron chi connectivity index (χ0n) is 39.5. The molecule has 0 aromatic heterocycles. The van der Waals surface area contributed by atoms with E-state index in [1.165, 1.54) is 60.3 Å². The summed E-state index contributed by atoms with van der Waals surface area (Å²) in [6.45, 7) is 7.62. The van der Waals surface area contributed by atoms with Crippen molar-refractivity contribution >= 4 is 66.7 Å². The molecule has 7 N–H and O–H groups in total. The Morgan fingerprint density at radius 3 is 1.25 bits per heavy atom. The summed E-state index contributed by atoms with van der Waals surface area (Å²) in [6, 6.07) is 23.8. The maximum atomic E-state index is 13.4. The van der Waals surface area contributed by atoms with Gasteiger partial charge in [-0.3, -0.25) is 19.6 Å². The van der Waals surface area contributed by atoms with Crippen LogP contribution in [0.5, 0.6) is 0 Å². The van der Waals surface area contributed by atoms with E-state index in [9.17, 15) is 70.7 Å². The first-order valence-corrected chi connectivity index (χ1v) is 24.4. The number of nitrogens with one attached hydrogen (secondary N) is 3. The number of carbonyl (C=O) groups excluding carboxylic acids is 3. The standard InChI is InChI=1S/C24H27F3N4O5S.C19H19F3N4O3S.C2HF3O2.CH4/c1-15(28-22(33)36-23(2,3)4)21(32)30-37(34,35)18-12-10-17(11-13-18)31-19(16-8-6-5-7-9-16)14-20(29-31)24(25,26)27;1-12(23)18(27)25-30(28,29)15-9-7-14(8-10-15)26-16(13-5-3-2-4-6-13)11-17(24-26)19(20,21)22;3-2(4,5)1(6)7;/h5-13,15,19H,14H2,1-4H3,(H,28,33)(H,30,32);2-10,12,16H,11,23H2,1H3,(H,25,27);(H,6,7);1H4/p+1. The molecule has 4 atom stereocenters. The van der Waals surface area contributed by atoms with E-state index in [2.05, 4.69) is 21.3 Å². The van der Waals surface area contributed by atoms with Gasteiger partial charge in [0.2, 0.25) is 0 Å². The Morgan fingerprint density at radius 1 is 0.627 bits per heavy atom. The molecule has 2 aliphatic rings. The van der Waals surface area contributed by atoms with Crippen molar-refractivity contribution < 1.29 is 91.1 Å². The molecule has 4 aromatic carbocycles. The summed E-state index contributed by atoms with van der Waals surface area (Å²) in [6.07, 6.45) is -15.9. The van der Waals surface area contributed by atoms with Gasteiger partial charge in [-0.1, -0.05) is 68.1 Å². The first-order chi connectivity index (χ1) is 34.0. The molecule has 6 rings (SSSR count). The van der Waals surface area contributed by atoms with Crippen LogP contribution in [0.2, 0.25) is 0 Å². The van der Waals surface area contributed by atoms with E-state index < -0.39 is 104 Å². The summed E-state index contributed by atoms with van der Waals surface area (Å²) in [5, 5.41) is 19.3. The van der Waals surface area contributed by atoms with Gasteiger partial charge in [0.25, 0.3) is 31.9 Å². The number of amides is 3. The number of hydrogen-bond acceptors (Lipinski definition) is 13. The number of halogens is 9. The lowest BCUT2D eigenvalue weighted by Gasteiger charge is -2.24. The van der Waals surface area contributed by atoms with Crippen LogP contribution in [0.1, 0.15) is 78.1 Å². The topological polar surface area (TPSA) is 261 Å². The Balaban J connectivity index is 0.000000351. The van der Waals surface area contributed by atoms with E-state index in [1.807, 2.05) is 9.44 Å².